The van der Waals surface area contributed by atoms with Gasteiger partial charge in [-0.15, -0.1) is 0 Å². The molecular weight excluding hydrogens is 314 g/mol. The van der Waals surface area contributed by atoms with Crippen molar-refractivity contribution >= 4 is 17.5 Å². The quantitative estimate of drug-likeness (QED) is 0.739. The summed E-state index contributed by atoms with van der Waals surface area (Å²) in [7, 11) is 0. The van der Waals surface area contributed by atoms with Crippen molar-refractivity contribution in [2.45, 2.75) is 52.0 Å². The lowest BCUT2D eigenvalue weighted by atomic mass is 10.0. The van der Waals surface area contributed by atoms with Crippen molar-refractivity contribution in [2.24, 2.45) is 5.92 Å². The van der Waals surface area contributed by atoms with Crippen molar-refractivity contribution in [1.82, 2.24) is 9.78 Å². The maximum atomic E-state index is 12.2. The Kier molecular flexibility index (Phi) is 5.31. The van der Waals surface area contributed by atoms with Crippen LogP contribution in [0.4, 0.5) is 5.82 Å². The summed E-state index contributed by atoms with van der Waals surface area (Å²) in [6.07, 6.45) is 5.49. The number of amides is 1. The SMILES string of the molecule is CCc1ccc(C(=O)CCC(=O)Nc2ccnn2C(C)C2CC2)cc1. The molecule has 25 heavy (non-hydrogen) atoms. The number of anilines is 1. The maximum Gasteiger partial charge on any atom is 0.225 e. The zero-order chi connectivity index (χ0) is 17.8. The number of aryl methyl sites for hydroxylation is 1. The topological polar surface area (TPSA) is 64.0 Å². The van der Waals surface area contributed by atoms with E-state index in [4.69, 9.17) is 0 Å². The second-order valence-corrected chi connectivity index (χ2v) is 6.76. The van der Waals surface area contributed by atoms with Crippen molar-refractivity contribution in [2.75, 3.05) is 5.32 Å². The number of hydrogen-bond donors (Lipinski definition) is 1. The Balaban J connectivity index is 1.52. The molecule has 1 aromatic heterocycles. The van der Waals surface area contributed by atoms with Gasteiger partial charge in [-0.3, -0.25) is 9.59 Å². The molecule has 132 valence electrons. The van der Waals surface area contributed by atoms with Crippen LogP contribution in [0.15, 0.2) is 36.5 Å². The van der Waals surface area contributed by atoms with Crippen LogP contribution in [0.3, 0.4) is 0 Å². The first-order valence-electron chi connectivity index (χ1n) is 9.04. The molecule has 0 saturated heterocycles. The summed E-state index contributed by atoms with van der Waals surface area (Å²) in [4.78, 5) is 24.4. The van der Waals surface area contributed by atoms with Gasteiger partial charge in [0.25, 0.3) is 0 Å². The average Bonchev–Trinajstić information content (AvgIpc) is 3.39. The van der Waals surface area contributed by atoms with Gasteiger partial charge in [0.05, 0.1) is 12.2 Å². The summed E-state index contributed by atoms with van der Waals surface area (Å²) in [6.45, 7) is 4.21. The van der Waals surface area contributed by atoms with Gasteiger partial charge in [0.2, 0.25) is 5.91 Å². The lowest BCUT2D eigenvalue weighted by Gasteiger charge is -2.15. The van der Waals surface area contributed by atoms with Crippen LogP contribution in [-0.4, -0.2) is 21.5 Å². The van der Waals surface area contributed by atoms with Crippen molar-refractivity contribution < 1.29 is 9.59 Å². The minimum Gasteiger partial charge on any atom is -0.311 e. The predicted octanol–water partition coefficient (Wildman–Crippen LogP) is 4.02. The molecule has 5 heteroatoms. The van der Waals surface area contributed by atoms with E-state index in [9.17, 15) is 9.59 Å². The van der Waals surface area contributed by atoms with Crippen molar-refractivity contribution in [3.05, 3.63) is 47.7 Å². The molecule has 0 bridgehead atoms. The third-order valence-corrected chi connectivity index (χ3v) is 4.89. The lowest BCUT2D eigenvalue weighted by Crippen LogP contribution is -2.19. The second kappa shape index (κ2) is 7.64. The van der Waals surface area contributed by atoms with Gasteiger partial charge in [0.1, 0.15) is 5.82 Å². The van der Waals surface area contributed by atoms with E-state index >= 15 is 0 Å². The number of carbonyl (C=O) groups is 2. The van der Waals surface area contributed by atoms with Crippen LogP contribution < -0.4 is 5.32 Å². The number of carbonyl (C=O) groups excluding carboxylic acids is 2. The summed E-state index contributed by atoms with van der Waals surface area (Å²) in [5, 5.41) is 7.21. The van der Waals surface area contributed by atoms with E-state index in [0.717, 1.165) is 6.42 Å². The Labute approximate surface area is 148 Å². The Bertz CT molecular complexity index is 745. The number of benzene rings is 1. The molecule has 1 unspecified atom stereocenters. The number of nitrogens with one attached hydrogen (secondary N) is 1. The molecule has 2 aromatic rings. The molecule has 0 aliphatic heterocycles. The van der Waals surface area contributed by atoms with E-state index in [0.29, 0.717) is 23.3 Å². The van der Waals surface area contributed by atoms with Crippen LogP contribution >= 0.6 is 0 Å². The summed E-state index contributed by atoms with van der Waals surface area (Å²) >= 11 is 0. The Morgan fingerprint density at radius 1 is 1.20 bits per heavy atom. The maximum absolute atomic E-state index is 12.2. The van der Waals surface area contributed by atoms with E-state index in [-0.39, 0.29) is 24.5 Å². The molecule has 1 aliphatic rings. The van der Waals surface area contributed by atoms with Crippen LogP contribution in [0.2, 0.25) is 0 Å². The predicted molar refractivity (Wildman–Crippen MR) is 97.7 cm³/mol. The van der Waals surface area contributed by atoms with E-state index in [1.165, 1.54) is 18.4 Å². The highest BCUT2D eigenvalue weighted by Gasteiger charge is 2.30. The normalized spacial score (nSPS) is 15.0. The molecule has 3 rings (SSSR count). The summed E-state index contributed by atoms with van der Waals surface area (Å²) in [6, 6.07) is 9.71. The minimum atomic E-state index is -0.150. The summed E-state index contributed by atoms with van der Waals surface area (Å²) in [5.74, 6) is 1.22. The van der Waals surface area contributed by atoms with E-state index in [2.05, 4.69) is 24.3 Å². The van der Waals surface area contributed by atoms with Gasteiger partial charge in [-0.1, -0.05) is 31.2 Å². The van der Waals surface area contributed by atoms with Crippen molar-refractivity contribution in [3.63, 3.8) is 0 Å². The van der Waals surface area contributed by atoms with Gasteiger partial charge < -0.3 is 5.32 Å². The molecule has 0 radical (unpaired) electrons. The third kappa shape index (κ3) is 4.35. The number of Topliss-reactive ketones (excluding diaryl/α,β-unsaturated/α-hetero) is 1. The molecule has 1 N–H and O–H groups in total. The van der Waals surface area contributed by atoms with Crippen LogP contribution in [0.5, 0.6) is 0 Å². The number of hydrogen-bond acceptors (Lipinski definition) is 3. The summed E-state index contributed by atoms with van der Waals surface area (Å²) in [5.41, 5.74) is 1.87. The fourth-order valence-corrected chi connectivity index (χ4v) is 3.02. The smallest absolute Gasteiger partial charge is 0.225 e. The largest absolute Gasteiger partial charge is 0.311 e. The van der Waals surface area contributed by atoms with Crippen LogP contribution in [-0.2, 0) is 11.2 Å². The van der Waals surface area contributed by atoms with Crippen molar-refractivity contribution in [3.8, 4) is 0 Å². The molecule has 1 atom stereocenters. The van der Waals surface area contributed by atoms with Crippen LogP contribution in [0, 0.1) is 5.92 Å². The molecular formula is C20H25N3O2. The highest BCUT2D eigenvalue weighted by atomic mass is 16.2. The molecule has 1 heterocycles. The Morgan fingerprint density at radius 2 is 1.92 bits per heavy atom. The third-order valence-electron chi connectivity index (χ3n) is 4.89. The zero-order valence-electron chi connectivity index (χ0n) is 14.9. The van der Waals surface area contributed by atoms with Gasteiger partial charge in [0, 0.05) is 24.5 Å². The molecule has 1 aliphatic carbocycles. The number of ketones is 1. The van der Waals surface area contributed by atoms with Gasteiger partial charge in [0.15, 0.2) is 5.78 Å². The first kappa shape index (κ1) is 17.4. The monoisotopic (exact) mass is 339 g/mol. The average molecular weight is 339 g/mol. The zero-order valence-corrected chi connectivity index (χ0v) is 14.9. The van der Waals surface area contributed by atoms with Gasteiger partial charge in [-0.2, -0.15) is 5.10 Å². The number of nitrogens with zero attached hydrogens (tertiary/aromatic N) is 2. The summed E-state index contributed by atoms with van der Waals surface area (Å²) < 4.78 is 1.88. The van der Waals surface area contributed by atoms with E-state index in [1.54, 1.807) is 6.20 Å². The second-order valence-electron chi connectivity index (χ2n) is 6.76. The van der Waals surface area contributed by atoms with Crippen LogP contribution in [0.1, 0.15) is 61.5 Å². The molecule has 1 aromatic carbocycles. The molecule has 1 fully saturated rings. The minimum absolute atomic E-state index is 0.00217. The van der Waals surface area contributed by atoms with Gasteiger partial charge >= 0.3 is 0 Å². The number of aromatic nitrogens is 2. The molecule has 1 saturated carbocycles. The van der Waals surface area contributed by atoms with Gasteiger partial charge in [-0.25, -0.2) is 4.68 Å². The van der Waals surface area contributed by atoms with Crippen LogP contribution in [0.25, 0.3) is 0 Å². The van der Waals surface area contributed by atoms with E-state index < -0.39 is 0 Å². The standard InChI is InChI=1S/C20H25N3O2/c1-3-15-4-6-17(7-5-15)18(24)10-11-20(25)22-19-12-13-21-23(19)14(2)16-8-9-16/h4-7,12-14,16H,3,8-11H2,1-2H3,(H,22,25). The highest BCUT2D eigenvalue weighted by molar-refractivity contribution is 5.99. The fraction of sp³-hybridized carbons (Fsp3) is 0.450. The van der Waals surface area contributed by atoms with Gasteiger partial charge in [-0.05, 0) is 37.7 Å². The van der Waals surface area contributed by atoms with E-state index in [1.807, 2.05) is 35.0 Å². The first-order valence-corrected chi connectivity index (χ1v) is 9.04. The highest BCUT2D eigenvalue weighted by Crippen LogP contribution is 2.40. The van der Waals surface area contributed by atoms with Crippen molar-refractivity contribution in [1.29, 1.82) is 0 Å². The molecule has 5 nitrogen and oxygen atoms in total. The molecule has 0 spiro atoms. The molecule has 1 amide bonds. The Hall–Kier alpha value is -2.43. The number of rotatable bonds is 8. The first-order chi connectivity index (χ1) is 12.1. The Morgan fingerprint density at radius 3 is 2.56 bits per heavy atom. The fourth-order valence-electron chi connectivity index (χ4n) is 3.02. The lowest BCUT2D eigenvalue weighted by molar-refractivity contribution is -0.116.